The first-order valence-electron chi connectivity index (χ1n) is 3.55. The van der Waals surface area contributed by atoms with Crippen molar-refractivity contribution in [2.75, 3.05) is 5.73 Å². The molecular weight excluding hydrogens is 193 g/mol. The summed E-state index contributed by atoms with van der Waals surface area (Å²) in [6, 6.07) is 3.22. The third-order valence-electron chi connectivity index (χ3n) is 1.67. The summed E-state index contributed by atoms with van der Waals surface area (Å²) in [5.74, 6) is -0.581. The first-order chi connectivity index (χ1) is 6.18. The molecule has 0 aliphatic carbocycles. The summed E-state index contributed by atoms with van der Waals surface area (Å²) in [6.07, 6.45) is 1.06. The van der Waals surface area contributed by atoms with Crippen LogP contribution in [0.4, 0.5) is 10.1 Å². The van der Waals surface area contributed by atoms with Crippen LogP contribution in [0.1, 0.15) is 0 Å². The Morgan fingerprint density at radius 2 is 2.15 bits per heavy atom. The second-order valence-corrected chi connectivity index (χ2v) is 2.91. The van der Waals surface area contributed by atoms with Crippen molar-refractivity contribution in [3.63, 3.8) is 0 Å². The highest BCUT2D eigenvalue weighted by Gasteiger charge is 2.06. The van der Waals surface area contributed by atoms with Crippen molar-refractivity contribution in [3.05, 3.63) is 29.3 Å². The van der Waals surface area contributed by atoms with E-state index < -0.39 is 5.82 Å². The largest absolute Gasteiger partial charge is 0.394 e. The van der Waals surface area contributed by atoms with E-state index in [-0.39, 0.29) is 10.8 Å². The predicted octanol–water partition coefficient (Wildman–Crippen LogP) is 2.00. The average molecular weight is 198 g/mol. The highest BCUT2D eigenvalue weighted by atomic mass is 35.5. The van der Waals surface area contributed by atoms with Crippen LogP contribution in [0, 0.1) is 5.82 Å². The molecule has 0 unspecified atom stereocenters. The lowest BCUT2D eigenvalue weighted by atomic mass is 10.3. The molecule has 2 aromatic rings. The molecule has 2 aromatic heterocycles. The first kappa shape index (κ1) is 8.19. The second kappa shape index (κ2) is 2.81. The van der Waals surface area contributed by atoms with Gasteiger partial charge in [0.2, 0.25) is 0 Å². The molecule has 0 radical (unpaired) electrons. The summed E-state index contributed by atoms with van der Waals surface area (Å²) >= 11 is 5.63. The zero-order valence-corrected chi connectivity index (χ0v) is 7.22. The van der Waals surface area contributed by atoms with Crippen LogP contribution in [0.25, 0.3) is 11.0 Å². The van der Waals surface area contributed by atoms with Gasteiger partial charge in [-0.05, 0) is 12.1 Å². The van der Waals surface area contributed by atoms with Gasteiger partial charge in [0, 0.05) is 0 Å². The average Bonchev–Trinajstić information content (AvgIpc) is 2.12. The molecule has 0 atom stereocenters. The van der Waals surface area contributed by atoms with Gasteiger partial charge >= 0.3 is 0 Å². The maximum absolute atomic E-state index is 12.9. The molecule has 0 saturated heterocycles. The molecule has 0 aliphatic rings. The van der Waals surface area contributed by atoms with Crippen molar-refractivity contribution in [1.82, 2.24) is 9.97 Å². The number of aromatic nitrogens is 2. The number of halogens is 2. The molecule has 0 aromatic carbocycles. The lowest BCUT2D eigenvalue weighted by Crippen LogP contribution is -1.96. The third-order valence-corrected chi connectivity index (χ3v) is 1.88. The molecular formula is C8H5ClFN3. The van der Waals surface area contributed by atoms with Crippen LogP contribution in [0.3, 0.4) is 0 Å². The summed E-state index contributed by atoms with van der Waals surface area (Å²) in [5, 5.41) is 0.270. The minimum atomic E-state index is -0.581. The number of fused-ring (bicyclic) bond motifs is 1. The van der Waals surface area contributed by atoms with Gasteiger partial charge in [0.05, 0.1) is 17.4 Å². The summed E-state index contributed by atoms with van der Waals surface area (Å²) in [6.45, 7) is 0. The number of hydrogen-bond acceptors (Lipinski definition) is 3. The van der Waals surface area contributed by atoms with Crippen LogP contribution in [-0.2, 0) is 0 Å². The fraction of sp³-hybridized carbons (Fsp3) is 0. The SMILES string of the molecule is Nc1c(F)cnc2ccc(Cl)nc12. The van der Waals surface area contributed by atoms with Crippen LogP contribution < -0.4 is 5.73 Å². The highest BCUT2D eigenvalue weighted by Crippen LogP contribution is 2.21. The maximum atomic E-state index is 12.9. The normalized spacial score (nSPS) is 10.6. The number of nitrogen functional groups attached to an aromatic ring is 1. The molecule has 0 spiro atoms. The molecule has 0 saturated carbocycles. The number of anilines is 1. The molecule has 2 N–H and O–H groups in total. The Bertz CT molecular complexity index is 467. The van der Waals surface area contributed by atoms with Crippen LogP contribution in [0.15, 0.2) is 18.3 Å². The fourth-order valence-electron chi connectivity index (χ4n) is 1.04. The molecule has 2 rings (SSSR count). The van der Waals surface area contributed by atoms with E-state index in [0.29, 0.717) is 11.0 Å². The van der Waals surface area contributed by atoms with Gasteiger partial charge in [-0.3, -0.25) is 4.98 Å². The summed E-state index contributed by atoms with van der Waals surface area (Å²) in [4.78, 5) is 7.68. The van der Waals surface area contributed by atoms with Gasteiger partial charge in [0.25, 0.3) is 0 Å². The van der Waals surface area contributed by atoms with Gasteiger partial charge in [-0.1, -0.05) is 11.6 Å². The number of pyridine rings is 2. The van der Waals surface area contributed by atoms with Crippen LogP contribution in [-0.4, -0.2) is 9.97 Å². The van der Waals surface area contributed by atoms with E-state index in [4.69, 9.17) is 17.3 Å². The Morgan fingerprint density at radius 1 is 1.38 bits per heavy atom. The topological polar surface area (TPSA) is 51.8 Å². The van der Waals surface area contributed by atoms with Crippen molar-refractivity contribution in [1.29, 1.82) is 0 Å². The number of hydrogen-bond donors (Lipinski definition) is 1. The monoisotopic (exact) mass is 197 g/mol. The molecule has 0 amide bonds. The highest BCUT2D eigenvalue weighted by molar-refractivity contribution is 6.29. The van der Waals surface area contributed by atoms with Crippen LogP contribution >= 0.6 is 11.6 Å². The van der Waals surface area contributed by atoms with Gasteiger partial charge in [-0.25, -0.2) is 9.37 Å². The van der Waals surface area contributed by atoms with E-state index >= 15 is 0 Å². The lowest BCUT2D eigenvalue weighted by Gasteiger charge is -2.00. The molecule has 5 heteroatoms. The molecule has 0 bridgehead atoms. The van der Waals surface area contributed by atoms with Gasteiger partial charge < -0.3 is 5.73 Å². The van der Waals surface area contributed by atoms with E-state index in [1.165, 1.54) is 0 Å². The van der Waals surface area contributed by atoms with E-state index in [1.807, 2.05) is 0 Å². The van der Waals surface area contributed by atoms with Gasteiger partial charge in [0.15, 0.2) is 5.82 Å². The summed E-state index contributed by atoms with van der Waals surface area (Å²) < 4.78 is 12.9. The zero-order valence-electron chi connectivity index (χ0n) is 6.46. The lowest BCUT2D eigenvalue weighted by molar-refractivity contribution is 0.628. The van der Waals surface area contributed by atoms with Gasteiger partial charge in [-0.15, -0.1) is 0 Å². The smallest absolute Gasteiger partial charge is 0.166 e. The minimum Gasteiger partial charge on any atom is -0.394 e. The Hall–Kier alpha value is -1.42. The summed E-state index contributed by atoms with van der Waals surface area (Å²) in [5.41, 5.74) is 6.26. The van der Waals surface area contributed by atoms with E-state index in [0.717, 1.165) is 6.20 Å². The minimum absolute atomic E-state index is 0.0208. The molecule has 0 aliphatic heterocycles. The maximum Gasteiger partial charge on any atom is 0.166 e. The quantitative estimate of drug-likeness (QED) is 0.658. The van der Waals surface area contributed by atoms with Crippen molar-refractivity contribution in [2.24, 2.45) is 0 Å². The second-order valence-electron chi connectivity index (χ2n) is 2.52. The first-order valence-corrected chi connectivity index (χ1v) is 3.92. The van der Waals surface area contributed by atoms with Crippen molar-refractivity contribution >= 4 is 28.3 Å². The Morgan fingerprint density at radius 3 is 2.92 bits per heavy atom. The van der Waals surface area contributed by atoms with Crippen molar-refractivity contribution in [2.45, 2.75) is 0 Å². The van der Waals surface area contributed by atoms with Gasteiger partial charge in [-0.2, -0.15) is 0 Å². The van der Waals surface area contributed by atoms with Crippen molar-refractivity contribution in [3.8, 4) is 0 Å². The third kappa shape index (κ3) is 1.29. The Kier molecular flexibility index (Phi) is 1.77. The van der Waals surface area contributed by atoms with Crippen LogP contribution in [0.5, 0.6) is 0 Å². The molecule has 66 valence electrons. The van der Waals surface area contributed by atoms with E-state index in [9.17, 15) is 4.39 Å². The zero-order chi connectivity index (χ0) is 9.42. The fourth-order valence-corrected chi connectivity index (χ4v) is 1.19. The molecule has 0 fully saturated rings. The molecule has 3 nitrogen and oxygen atoms in total. The number of rotatable bonds is 0. The molecule has 2 heterocycles. The van der Waals surface area contributed by atoms with E-state index in [2.05, 4.69) is 9.97 Å². The van der Waals surface area contributed by atoms with E-state index in [1.54, 1.807) is 12.1 Å². The Labute approximate surface area is 78.4 Å². The number of nitrogens with zero attached hydrogens (tertiary/aromatic N) is 2. The molecule has 13 heavy (non-hydrogen) atoms. The predicted molar refractivity (Wildman–Crippen MR) is 48.9 cm³/mol. The summed E-state index contributed by atoms with van der Waals surface area (Å²) in [7, 11) is 0. The standard InChI is InChI=1S/C8H5ClFN3/c9-6-2-1-5-8(13-6)7(11)4(10)3-12-5/h1-3H,(H2,11,12). The number of nitrogens with two attached hydrogens (primary N) is 1. The Balaban J connectivity index is 2.89. The van der Waals surface area contributed by atoms with Crippen LogP contribution in [0.2, 0.25) is 5.15 Å². The van der Waals surface area contributed by atoms with Gasteiger partial charge in [0.1, 0.15) is 10.7 Å². The van der Waals surface area contributed by atoms with Crippen molar-refractivity contribution < 1.29 is 4.39 Å².